The summed E-state index contributed by atoms with van der Waals surface area (Å²) in [4.78, 5) is 0. The molecule has 0 saturated carbocycles. The van der Waals surface area contributed by atoms with Gasteiger partial charge in [-0.2, -0.15) is 0 Å². The van der Waals surface area contributed by atoms with Gasteiger partial charge < -0.3 is 0 Å². The molecular formula is H2O3PbZr. The Balaban J connectivity index is 0. The van der Waals surface area contributed by atoms with Crippen LogP contribution in [0.1, 0.15) is 0 Å². The Morgan fingerprint density at radius 1 is 1.00 bits per heavy atom. The fourth-order valence-electron chi connectivity index (χ4n) is 0. The van der Waals surface area contributed by atoms with E-state index in [9.17, 15) is 0 Å². The molecule has 0 fully saturated rings. The maximum absolute atomic E-state index is 8.61. The summed E-state index contributed by atoms with van der Waals surface area (Å²) in [5.74, 6) is 0. The Morgan fingerprint density at radius 3 is 1.00 bits per heavy atom. The van der Waals surface area contributed by atoms with Crippen LogP contribution in [0.2, 0.25) is 0 Å². The van der Waals surface area contributed by atoms with Gasteiger partial charge in [-0.05, 0) is 0 Å². The van der Waals surface area contributed by atoms with Gasteiger partial charge >= 0.3 is 57.5 Å². The van der Waals surface area contributed by atoms with Gasteiger partial charge in [0, 0.05) is 0 Å². The molecule has 0 heterocycles. The summed E-state index contributed by atoms with van der Waals surface area (Å²) in [6, 6.07) is 0. The van der Waals surface area contributed by atoms with Gasteiger partial charge in [0.2, 0.25) is 0 Å². The van der Waals surface area contributed by atoms with Crippen LogP contribution in [-0.4, -0.2) is 27.3 Å². The molecule has 0 aliphatic carbocycles. The van der Waals surface area contributed by atoms with Crippen molar-refractivity contribution in [2.45, 2.75) is 0 Å². The first-order valence-corrected chi connectivity index (χ1v) is 3.62. The quantitative estimate of drug-likeness (QED) is 0.513. The zero-order valence-electron chi connectivity index (χ0n) is 2.43. The first kappa shape index (κ1) is 9.51. The van der Waals surface area contributed by atoms with Gasteiger partial charge in [0.05, 0.1) is 0 Å². The van der Waals surface area contributed by atoms with Gasteiger partial charge in [0.1, 0.15) is 0 Å². The molecule has 0 aliphatic heterocycles. The first-order valence-electron chi connectivity index (χ1n) is 0.612. The molecule has 0 N–H and O–H groups in total. The van der Waals surface area contributed by atoms with Gasteiger partial charge in [-0.3, -0.25) is 0 Å². The van der Waals surface area contributed by atoms with Crippen molar-refractivity contribution in [1.29, 1.82) is 0 Å². The Labute approximate surface area is 56.9 Å². The van der Waals surface area contributed by atoms with Crippen LogP contribution in [-0.2, 0) is 30.2 Å². The maximum atomic E-state index is 8.61. The monoisotopic (exact) mass is 348 g/mol. The zero-order chi connectivity index (χ0) is 3.58. The van der Waals surface area contributed by atoms with Crippen LogP contribution in [0.5, 0.6) is 0 Å². The van der Waals surface area contributed by atoms with E-state index in [-0.39, 0.29) is 27.3 Å². The van der Waals surface area contributed by atoms with Crippen LogP contribution in [0.15, 0.2) is 0 Å². The Morgan fingerprint density at radius 2 is 1.00 bits per heavy atom. The summed E-state index contributed by atoms with van der Waals surface area (Å²) in [5.41, 5.74) is 0. The van der Waals surface area contributed by atoms with Crippen molar-refractivity contribution in [3.63, 3.8) is 0 Å². The van der Waals surface area contributed by atoms with Crippen molar-refractivity contribution in [3.05, 3.63) is 0 Å². The van der Waals surface area contributed by atoms with E-state index in [0.29, 0.717) is 0 Å². The Bertz CT molecular complexity index is 76.3. The molecule has 0 aromatic carbocycles. The normalized spacial score (nSPS) is 3.00. The summed E-state index contributed by atoms with van der Waals surface area (Å²) >= 11 is -4.29. The first-order chi connectivity index (χ1) is 1.73. The third-order valence-electron chi connectivity index (χ3n) is 0. The molecule has 5 heavy (non-hydrogen) atoms. The molecule has 0 atom stereocenters. The van der Waals surface area contributed by atoms with Crippen LogP contribution >= 0.6 is 0 Å². The van der Waals surface area contributed by atoms with Crippen LogP contribution in [0.25, 0.3) is 0 Å². The molecule has 0 aromatic heterocycles. The minimum absolute atomic E-state index is 0. The molecule has 5 heteroatoms. The SMILES string of the molecule is [O]=[Zr](=[O])=[O].[PbH2]. The Kier molecular flexibility index (Phi) is 9.90. The molecule has 0 saturated heterocycles. The van der Waals surface area contributed by atoms with E-state index in [4.69, 9.17) is 8.44 Å². The van der Waals surface area contributed by atoms with Crippen molar-refractivity contribution in [3.8, 4) is 0 Å². The second-order valence-electron chi connectivity index (χ2n) is 0.250. The summed E-state index contributed by atoms with van der Waals surface area (Å²) in [6.07, 6.45) is 0. The molecule has 0 spiro atoms. The van der Waals surface area contributed by atoms with Crippen molar-refractivity contribution in [2.24, 2.45) is 0 Å². The van der Waals surface area contributed by atoms with Crippen LogP contribution in [0.4, 0.5) is 0 Å². The van der Waals surface area contributed by atoms with E-state index >= 15 is 0 Å². The number of hydrogen-bond donors (Lipinski definition) is 0. The summed E-state index contributed by atoms with van der Waals surface area (Å²) in [7, 11) is 0. The van der Waals surface area contributed by atoms with Crippen molar-refractivity contribution >= 4 is 27.3 Å². The van der Waals surface area contributed by atoms with E-state index < -0.39 is 21.8 Å². The van der Waals surface area contributed by atoms with Gasteiger partial charge in [-0.1, -0.05) is 0 Å². The average Bonchev–Trinajstić information content (AvgIpc) is 0.811. The molecule has 0 unspecified atom stereocenters. The molecule has 0 aliphatic rings. The Hall–Kier alpha value is 1.21. The molecule has 0 amide bonds. The van der Waals surface area contributed by atoms with Crippen molar-refractivity contribution in [2.75, 3.05) is 0 Å². The third kappa shape index (κ3) is 36.8. The summed E-state index contributed by atoms with van der Waals surface area (Å²) in [5, 5.41) is 0. The predicted octanol–water partition coefficient (Wildman–Crippen LogP) is -1.28. The van der Waals surface area contributed by atoms with E-state index in [1.54, 1.807) is 0 Å². The van der Waals surface area contributed by atoms with Crippen LogP contribution in [0, 0.1) is 0 Å². The topological polar surface area (TPSA) is 51.2 Å². The second kappa shape index (κ2) is 5.21. The fourth-order valence-corrected chi connectivity index (χ4v) is 0. The van der Waals surface area contributed by atoms with Gasteiger partial charge in [0.15, 0.2) is 0 Å². The van der Waals surface area contributed by atoms with Gasteiger partial charge in [-0.15, -0.1) is 0 Å². The van der Waals surface area contributed by atoms with Crippen molar-refractivity contribution in [1.82, 2.24) is 0 Å². The second-order valence-corrected chi connectivity index (χ2v) is 1.48. The van der Waals surface area contributed by atoms with Gasteiger partial charge in [-0.25, -0.2) is 0 Å². The van der Waals surface area contributed by atoms with Gasteiger partial charge in [0.25, 0.3) is 0 Å². The molecule has 0 rings (SSSR count). The number of rotatable bonds is 0. The predicted molar refractivity (Wildman–Crippen MR) is 10.6 cm³/mol. The van der Waals surface area contributed by atoms with E-state index in [1.807, 2.05) is 0 Å². The molecule has 3 nitrogen and oxygen atoms in total. The minimum atomic E-state index is -4.29. The van der Waals surface area contributed by atoms with E-state index in [1.165, 1.54) is 0 Å². The summed E-state index contributed by atoms with van der Waals surface area (Å²) in [6.45, 7) is 0. The standard InChI is InChI=1S/3O.Pb.Zr.2H. The molecule has 28 valence electrons. The third-order valence-corrected chi connectivity index (χ3v) is 0. The zero-order valence-corrected chi connectivity index (χ0v) is 10.4. The molecule has 0 aromatic rings. The molecule has 2 radical (unpaired) electrons. The van der Waals surface area contributed by atoms with Crippen LogP contribution < -0.4 is 0 Å². The average molecular weight is 348 g/mol. The van der Waals surface area contributed by atoms with Crippen LogP contribution in [0.3, 0.4) is 0 Å². The van der Waals surface area contributed by atoms with Crippen molar-refractivity contribution < 1.29 is 30.2 Å². The number of hydrogen-bond acceptors (Lipinski definition) is 3. The summed E-state index contributed by atoms with van der Waals surface area (Å²) < 4.78 is 25.8. The van der Waals surface area contributed by atoms with E-state index in [2.05, 4.69) is 0 Å². The van der Waals surface area contributed by atoms with E-state index in [0.717, 1.165) is 0 Å². The molecular weight excluding hydrogens is 346 g/mol. The fraction of sp³-hybridized carbons (Fsp3) is 0. The molecule has 0 bridgehead atoms.